The third-order valence-corrected chi connectivity index (χ3v) is 3.61. The Balaban J connectivity index is 1.58. The first-order valence-electron chi connectivity index (χ1n) is 7.17. The molecule has 0 saturated heterocycles. The van der Waals surface area contributed by atoms with Crippen molar-refractivity contribution in [3.63, 3.8) is 0 Å². The van der Waals surface area contributed by atoms with E-state index in [-0.39, 0.29) is 0 Å². The highest BCUT2D eigenvalue weighted by Gasteiger charge is 2.00. The van der Waals surface area contributed by atoms with Crippen LogP contribution in [0, 0.1) is 6.92 Å². The molecule has 0 aliphatic heterocycles. The summed E-state index contributed by atoms with van der Waals surface area (Å²) in [5.41, 5.74) is 3.84. The minimum absolute atomic E-state index is 0.996. The summed E-state index contributed by atoms with van der Waals surface area (Å²) >= 11 is 0. The van der Waals surface area contributed by atoms with Crippen molar-refractivity contribution >= 4 is 16.6 Å². The number of benzene rings is 2. The molecule has 2 heteroatoms. The van der Waals surface area contributed by atoms with E-state index in [0.29, 0.717) is 0 Å². The number of rotatable bonds is 5. The van der Waals surface area contributed by atoms with Crippen LogP contribution in [0.5, 0.6) is 0 Å². The van der Waals surface area contributed by atoms with Gasteiger partial charge in [-0.1, -0.05) is 29.8 Å². The second-order valence-electron chi connectivity index (χ2n) is 5.22. The first-order chi connectivity index (χ1) is 9.83. The Hall–Kier alpha value is -2.22. The maximum absolute atomic E-state index is 3.45. The van der Waals surface area contributed by atoms with Crippen LogP contribution in [0.4, 0.5) is 5.69 Å². The highest BCUT2D eigenvalue weighted by Crippen LogP contribution is 2.17. The number of anilines is 1. The summed E-state index contributed by atoms with van der Waals surface area (Å²) in [4.78, 5) is 0. The number of nitrogens with zero attached hydrogens (tertiary/aromatic N) is 1. The van der Waals surface area contributed by atoms with E-state index < -0.39 is 0 Å². The van der Waals surface area contributed by atoms with Crippen molar-refractivity contribution < 1.29 is 0 Å². The van der Waals surface area contributed by atoms with Crippen molar-refractivity contribution in [1.29, 1.82) is 0 Å². The van der Waals surface area contributed by atoms with E-state index in [9.17, 15) is 0 Å². The van der Waals surface area contributed by atoms with Gasteiger partial charge in [0.05, 0.1) is 0 Å². The van der Waals surface area contributed by atoms with Gasteiger partial charge in [-0.05, 0) is 49.1 Å². The number of aryl methyl sites for hydroxylation is 2. The van der Waals surface area contributed by atoms with Crippen LogP contribution >= 0.6 is 0 Å². The Bertz CT molecular complexity index is 683. The molecule has 102 valence electrons. The molecular formula is C18H20N2. The quantitative estimate of drug-likeness (QED) is 0.674. The van der Waals surface area contributed by atoms with Gasteiger partial charge in [0.25, 0.3) is 0 Å². The van der Waals surface area contributed by atoms with E-state index in [1.807, 2.05) is 6.07 Å². The van der Waals surface area contributed by atoms with E-state index in [4.69, 9.17) is 0 Å². The molecule has 0 fully saturated rings. The third-order valence-electron chi connectivity index (χ3n) is 3.61. The fourth-order valence-electron chi connectivity index (χ4n) is 2.55. The molecule has 20 heavy (non-hydrogen) atoms. The maximum atomic E-state index is 3.45. The van der Waals surface area contributed by atoms with Crippen LogP contribution in [0.3, 0.4) is 0 Å². The molecule has 2 aromatic carbocycles. The average molecular weight is 264 g/mol. The summed E-state index contributed by atoms with van der Waals surface area (Å²) in [6.07, 6.45) is 3.30. The van der Waals surface area contributed by atoms with Crippen LogP contribution < -0.4 is 5.32 Å². The molecule has 1 heterocycles. The minimum Gasteiger partial charge on any atom is -0.385 e. The van der Waals surface area contributed by atoms with Crippen LogP contribution in [-0.4, -0.2) is 11.1 Å². The van der Waals surface area contributed by atoms with Gasteiger partial charge in [0, 0.05) is 30.5 Å². The van der Waals surface area contributed by atoms with Gasteiger partial charge in [-0.15, -0.1) is 0 Å². The zero-order valence-corrected chi connectivity index (χ0v) is 11.8. The minimum atomic E-state index is 0.996. The number of fused-ring (bicyclic) bond motifs is 1. The van der Waals surface area contributed by atoms with Crippen LogP contribution in [0.1, 0.15) is 12.0 Å². The molecule has 1 aromatic heterocycles. The van der Waals surface area contributed by atoms with Crippen molar-refractivity contribution in [2.75, 3.05) is 11.9 Å². The first-order valence-corrected chi connectivity index (χ1v) is 7.17. The molecule has 0 radical (unpaired) electrons. The summed E-state index contributed by atoms with van der Waals surface area (Å²) in [5.74, 6) is 0. The van der Waals surface area contributed by atoms with Gasteiger partial charge in [-0.25, -0.2) is 0 Å². The summed E-state index contributed by atoms with van der Waals surface area (Å²) in [6.45, 7) is 4.18. The predicted octanol–water partition coefficient (Wildman–Crippen LogP) is 4.45. The largest absolute Gasteiger partial charge is 0.385 e. The van der Waals surface area contributed by atoms with Gasteiger partial charge in [0.2, 0.25) is 0 Å². The van der Waals surface area contributed by atoms with Crippen LogP contribution in [0.2, 0.25) is 0 Å². The molecule has 3 rings (SSSR count). The molecule has 0 unspecified atom stereocenters. The Kier molecular flexibility index (Phi) is 3.73. The maximum Gasteiger partial charge on any atom is 0.0480 e. The molecule has 2 nitrogen and oxygen atoms in total. The molecule has 0 atom stereocenters. The molecule has 1 N–H and O–H groups in total. The lowest BCUT2D eigenvalue weighted by Crippen LogP contribution is -2.05. The van der Waals surface area contributed by atoms with E-state index in [1.54, 1.807) is 0 Å². The number of nitrogens with one attached hydrogen (secondary N) is 1. The molecule has 3 aromatic rings. The molecular weight excluding hydrogens is 244 g/mol. The topological polar surface area (TPSA) is 17.0 Å². The third kappa shape index (κ3) is 2.85. The van der Waals surface area contributed by atoms with E-state index in [1.165, 1.54) is 22.2 Å². The number of hydrogen-bond donors (Lipinski definition) is 1. The monoisotopic (exact) mass is 264 g/mol. The van der Waals surface area contributed by atoms with Gasteiger partial charge in [-0.2, -0.15) is 0 Å². The SMILES string of the molecule is Cc1ccc2c(ccn2CCCNc2ccccc2)c1. The highest BCUT2D eigenvalue weighted by atomic mass is 15.0. The normalized spacial score (nSPS) is 10.8. The Labute approximate surface area is 120 Å². The lowest BCUT2D eigenvalue weighted by Gasteiger charge is -2.08. The second-order valence-corrected chi connectivity index (χ2v) is 5.22. The average Bonchev–Trinajstić information content (AvgIpc) is 2.87. The molecule has 0 aliphatic rings. The fraction of sp³-hybridized carbons (Fsp3) is 0.222. The zero-order chi connectivity index (χ0) is 13.8. The predicted molar refractivity (Wildman–Crippen MR) is 86.2 cm³/mol. The lowest BCUT2D eigenvalue weighted by atomic mass is 10.2. The van der Waals surface area contributed by atoms with Gasteiger partial charge >= 0.3 is 0 Å². The lowest BCUT2D eigenvalue weighted by molar-refractivity contribution is 0.683. The van der Waals surface area contributed by atoms with Crippen molar-refractivity contribution in [3.05, 3.63) is 66.4 Å². The summed E-state index contributed by atoms with van der Waals surface area (Å²) in [7, 11) is 0. The van der Waals surface area contributed by atoms with Gasteiger partial charge < -0.3 is 9.88 Å². The van der Waals surface area contributed by atoms with Crippen molar-refractivity contribution in [3.8, 4) is 0 Å². The molecule has 0 aliphatic carbocycles. The highest BCUT2D eigenvalue weighted by molar-refractivity contribution is 5.80. The Morgan fingerprint density at radius 1 is 1.00 bits per heavy atom. The summed E-state index contributed by atoms with van der Waals surface area (Å²) in [6, 6.07) is 19.2. The van der Waals surface area contributed by atoms with Crippen LogP contribution in [0.15, 0.2) is 60.8 Å². The number of hydrogen-bond acceptors (Lipinski definition) is 1. The fourth-order valence-corrected chi connectivity index (χ4v) is 2.55. The molecule has 0 bridgehead atoms. The van der Waals surface area contributed by atoms with Crippen LogP contribution in [-0.2, 0) is 6.54 Å². The van der Waals surface area contributed by atoms with E-state index in [2.05, 4.69) is 71.5 Å². The number of aromatic nitrogens is 1. The smallest absolute Gasteiger partial charge is 0.0480 e. The second kappa shape index (κ2) is 5.83. The number of para-hydroxylation sites is 1. The van der Waals surface area contributed by atoms with Crippen molar-refractivity contribution in [1.82, 2.24) is 4.57 Å². The first kappa shape index (κ1) is 12.8. The molecule has 0 saturated carbocycles. The van der Waals surface area contributed by atoms with Gasteiger partial charge in [0.1, 0.15) is 0 Å². The van der Waals surface area contributed by atoms with E-state index >= 15 is 0 Å². The van der Waals surface area contributed by atoms with Gasteiger partial charge in [-0.3, -0.25) is 0 Å². The zero-order valence-electron chi connectivity index (χ0n) is 11.8. The van der Waals surface area contributed by atoms with Gasteiger partial charge in [0.15, 0.2) is 0 Å². The summed E-state index contributed by atoms with van der Waals surface area (Å²) < 4.78 is 2.33. The Morgan fingerprint density at radius 3 is 2.70 bits per heavy atom. The Morgan fingerprint density at radius 2 is 1.85 bits per heavy atom. The van der Waals surface area contributed by atoms with Crippen LogP contribution in [0.25, 0.3) is 10.9 Å². The standard InChI is InChI=1S/C18H20N2/c1-15-8-9-18-16(14-15)10-13-20(18)12-5-11-19-17-6-3-2-4-7-17/h2-4,6-10,13-14,19H,5,11-12H2,1H3. The van der Waals surface area contributed by atoms with Crippen molar-refractivity contribution in [2.45, 2.75) is 19.9 Å². The van der Waals surface area contributed by atoms with E-state index in [0.717, 1.165) is 19.5 Å². The molecule has 0 spiro atoms. The summed E-state index contributed by atoms with van der Waals surface area (Å²) in [5, 5.41) is 4.79. The van der Waals surface area contributed by atoms with Crippen molar-refractivity contribution in [2.24, 2.45) is 0 Å². The molecule has 0 amide bonds.